The van der Waals surface area contributed by atoms with Crippen molar-refractivity contribution >= 4 is 0 Å². The normalized spacial score (nSPS) is 18.0. The van der Waals surface area contributed by atoms with Gasteiger partial charge in [0.15, 0.2) is 0 Å². The van der Waals surface area contributed by atoms with Crippen LogP contribution < -0.4 is 4.74 Å². The van der Waals surface area contributed by atoms with Gasteiger partial charge in [-0.3, -0.25) is 0 Å². The van der Waals surface area contributed by atoms with E-state index in [0.717, 1.165) is 50.3 Å². The van der Waals surface area contributed by atoms with Gasteiger partial charge in [0.25, 0.3) is 0 Å². The van der Waals surface area contributed by atoms with Crippen LogP contribution in [0, 0.1) is 43.0 Å². The number of benzene rings is 3. The zero-order valence-electron chi connectivity index (χ0n) is 21.8. The van der Waals surface area contributed by atoms with Gasteiger partial charge >= 0.3 is 6.11 Å². The summed E-state index contributed by atoms with van der Waals surface area (Å²) in [7, 11) is 0. The first-order chi connectivity index (χ1) is 18.0. The van der Waals surface area contributed by atoms with E-state index >= 15 is 0 Å². The number of halogens is 6. The Morgan fingerprint density at radius 1 is 0.789 bits per heavy atom. The van der Waals surface area contributed by atoms with Crippen LogP contribution >= 0.6 is 0 Å². The first-order valence-corrected chi connectivity index (χ1v) is 13.1. The molecular formula is C31H32F6O. The van der Waals surface area contributed by atoms with Gasteiger partial charge in [-0.25, -0.2) is 17.6 Å². The molecule has 1 fully saturated rings. The van der Waals surface area contributed by atoms with Crippen LogP contribution in [0.25, 0.3) is 11.1 Å². The molecule has 0 radical (unpaired) electrons. The molecule has 0 spiro atoms. The lowest BCUT2D eigenvalue weighted by Gasteiger charge is -2.29. The first-order valence-electron chi connectivity index (χ1n) is 13.1. The van der Waals surface area contributed by atoms with Crippen molar-refractivity contribution in [1.29, 1.82) is 0 Å². The van der Waals surface area contributed by atoms with Crippen LogP contribution in [0.15, 0.2) is 42.5 Å². The Kier molecular flexibility index (Phi) is 8.43. The molecule has 204 valence electrons. The van der Waals surface area contributed by atoms with Gasteiger partial charge in [-0.1, -0.05) is 50.5 Å². The molecular weight excluding hydrogens is 502 g/mol. The fourth-order valence-corrected chi connectivity index (χ4v) is 5.36. The van der Waals surface area contributed by atoms with Gasteiger partial charge in [-0.05, 0) is 80.2 Å². The number of hydrogen-bond donors (Lipinski definition) is 0. The monoisotopic (exact) mass is 534 g/mol. The fraction of sp³-hybridized carbons (Fsp3) is 0.419. The molecule has 38 heavy (non-hydrogen) atoms. The molecule has 1 aliphatic carbocycles. The highest BCUT2D eigenvalue weighted by molar-refractivity contribution is 5.64. The van der Waals surface area contributed by atoms with Crippen LogP contribution in [-0.2, 0) is 6.11 Å². The lowest BCUT2D eigenvalue weighted by Crippen LogP contribution is -2.26. The van der Waals surface area contributed by atoms with Crippen LogP contribution in [0.1, 0.15) is 80.0 Å². The summed E-state index contributed by atoms with van der Waals surface area (Å²) >= 11 is 0. The molecule has 0 heterocycles. The maximum absolute atomic E-state index is 14.9. The Morgan fingerprint density at radius 3 is 1.97 bits per heavy atom. The van der Waals surface area contributed by atoms with Gasteiger partial charge < -0.3 is 4.74 Å². The first kappa shape index (κ1) is 28.1. The van der Waals surface area contributed by atoms with E-state index in [2.05, 4.69) is 11.7 Å². The standard InChI is InChI=1S/C31H32F6O/c1-4-5-6-20-7-9-21(10-8-20)22-11-13-23(14-12-22)24-15-26(33)29(27(34)16-24)31(36,37)38-28-17-25(32)18(2)30(35)19(28)3/h11-17,20-21H,4-10H2,1-3H3. The molecule has 1 aliphatic rings. The lowest BCUT2D eigenvalue weighted by molar-refractivity contribution is -0.190. The zero-order valence-corrected chi connectivity index (χ0v) is 21.8. The van der Waals surface area contributed by atoms with Gasteiger partial charge in [0.05, 0.1) is 0 Å². The average Bonchev–Trinajstić information content (AvgIpc) is 2.89. The maximum Gasteiger partial charge on any atom is 0.432 e. The molecule has 0 atom stereocenters. The Balaban J connectivity index is 1.52. The lowest BCUT2D eigenvalue weighted by atomic mass is 9.77. The van der Waals surface area contributed by atoms with E-state index in [1.807, 2.05) is 12.1 Å². The molecule has 4 rings (SSSR count). The van der Waals surface area contributed by atoms with Gasteiger partial charge in [0.2, 0.25) is 0 Å². The van der Waals surface area contributed by atoms with Crippen molar-refractivity contribution in [1.82, 2.24) is 0 Å². The minimum absolute atomic E-state index is 0.0954. The summed E-state index contributed by atoms with van der Waals surface area (Å²) in [6.07, 6.45) is 3.84. The largest absolute Gasteiger partial charge is 0.432 e. The van der Waals surface area contributed by atoms with Crippen molar-refractivity contribution in [3.8, 4) is 16.9 Å². The Labute approximate surface area is 219 Å². The molecule has 0 saturated heterocycles. The molecule has 0 N–H and O–H groups in total. The summed E-state index contributed by atoms with van der Waals surface area (Å²) in [5.41, 5.74) is -0.650. The van der Waals surface area contributed by atoms with E-state index < -0.39 is 46.3 Å². The van der Waals surface area contributed by atoms with E-state index in [1.54, 1.807) is 12.1 Å². The third kappa shape index (κ3) is 5.87. The van der Waals surface area contributed by atoms with Gasteiger partial charge in [0.1, 0.15) is 34.6 Å². The summed E-state index contributed by atoms with van der Waals surface area (Å²) in [4.78, 5) is 0. The molecule has 0 bridgehead atoms. The SMILES string of the molecule is CCCCC1CCC(c2ccc(-c3cc(F)c(C(F)(F)Oc4cc(F)c(C)c(F)c4C)c(F)c3)cc2)CC1. The number of rotatable bonds is 8. The summed E-state index contributed by atoms with van der Waals surface area (Å²) in [5.74, 6) is -4.84. The van der Waals surface area contributed by atoms with Gasteiger partial charge in [0, 0.05) is 17.2 Å². The minimum atomic E-state index is -4.51. The summed E-state index contributed by atoms with van der Waals surface area (Å²) < 4.78 is 91.9. The molecule has 3 aromatic carbocycles. The van der Waals surface area contributed by atoms with Crippen molar-refractivity contribution in [2.24, 2.45) is 5.92 Å². The third-order valence-electron chi connectivity index (χ3n) is 7.74. The Bertz CT molecular complexity index is 1250. The molecule has 1 saturated carbocycles. The minimum Gasteiger partial charge on any atom is -0.428 e. The van der Waals surface area contributed by atoms with Crippen molar-refractivity contribution in [2.75, 3.05) is 0 Å². The van der Waals surface area contributed by atoms with Crippen molar-refractivity contribution in [2.45, 2.75) is 77.7 Å². The molecule has 1 nitrogen and oxygen atoms in total. The molecule has 0 aliphatic heterocycles. The van der Waals surface area contributed by atoms with Gasteiger partial charge in [-0.15, -0.1) is 0 Å². The third-order valence-corrected chi connectivity index (χ3v) is 7.74. The highest BCUT2D eigenvalue weighted by atomic mass is 19.3. The zero-order chi connectivity index (χ0) is 27.6. The van der Waals surface area contributed by atoms with Gasteiger partial charge in [-0.2, -0.15) is 8.78 Å². The molecule has 7 heteroatoms. The predicted octanol–water partition coefficient (Wildman–Crippen LogP) is 10.1. The summed E-state index contributed by atoms with van der Waals surface area (Å²) in [5, 5.41) is 0. The smallest absolute Gasteiger partial charge is 0.428 e. The Morgan fingerprint density at radius 2 is 1.39 bits per heavy atom. The van der Waals surface area contributed by atoms with Crippen LogP contribution in [-0.4, -0.2) is 0 Å². The molecule has 3 aromatic rings. The number of hydrogen-bond acceptors (Lipinski definition) is 1. The van der Waals surface area contributed by atoms with Crippen LogP contribution in [0.4, 0.5) is 26.3 Å². The second-order valence-electron chi connectivity index (χ2n) is 10.3. The van der Waals surface area contributed by atoms with E-state index in [0.29, 0.717) is 17.5 Å². The second kappa shape index (κ2) is 11.4. The second-order valence-corrected chi connectivity index (χ2v) is 10.3. The van der Waals surface area contributed by atoms with Crippen molar-refractivity contribution in [3.63, 3.8) is 0 Å². The highest BCUT2D eigenvalue weighted by Gasteiger charge is 2.42. The van der Waals surface area contributed by atoms with E-state index in [4.69, 9.17) is 0 Å². The van der Waals surface area contributed by atoms with Crippen molar-refractivity contribution in [3.05, 3.63) is 88.0 Å². The Hall–Kier alpha value is -2.96. The maximum atomic E-state index is 14.9. The number of ether oxygens (including phenoxy) is 1. The number of unbranched alkanes of at least 4 members (excludes halogenated alkanes) is 1. The fourth-order valence-electron chi connectivity index (χ4n) is 5.36. The molecule has 0 aromatic heterocycles. The average molecular weight is 535 g/mol. The van der Waals surface area contributed by atoms with Crippen LogP contribution in [0.5, 0.6) is 5.75 Å². The summed E-state index contributed by atoms with van der Waals surface area (Å²) in [6.45, 7) is 4.46. The highest BCUT2D eigenvalue weighted by Crippen LogP contribution is 2.40. The van der Waals surface area contributed by atoms with Crippen LogP contribution in [0.3, 0.4) is 0 Å². The van der Waals surface area contributed by atoms with E-state index in [-0.39, 0.29) is 11.1 Å². The molecule has 0 unspecified atom stereocenters. The van der Waals surface area contributed by atoms with E-state index in [1.165, 1.54) is 32.1 Å². The van der Waals surface area contributed by atoms with E-state index in [9.17, 15) is 26.3 Å². The quantitative estimate of drug-likeness (QED) is 0.261. The van der Waals surface area contributed by atoms with Crippen LogP contribution in [0.2, 0.25) is 0 Å². The molecule has 0 amide bonds. The van der Waals surface area contributed by atoms with Crippen molar-refractivity contribution < 1.29 is 31.1 Å². The summed E-state index contributed by atoms with van der Waals surface area (Å²) in [6, 6.07) is 9.53. The predicted molar refractivity (Wildman–Crippen MR) is 136 cm³/mol. The number of alkyl halides is 2. The topological polar surface area (TPSA) is 9.23 Å².